The summed E-state index contributed by atoms with van der Waals surface area (Å²) in [6, 6.07) is 6.87. The van der Waals surface area contributed by atoms with E-state index in [-0.39, 0.29) is 11.1 Å². The van der Waals surface area contributed by atoms with Gasteiger partial charge in [-0.3, -0.25) is 4.79 Å². The van der Waals surface area contributed by atoms with Crippen LogP contribution in [0.4, 0.5) is 8.78 Å². The molecule has 3 heterocycles. The molecule has 0 aliphatic heterocycles. The minimum absolute atomic E-state index is 0.0756. The summed E-state index contributed by atoms with van der Waals surface area (Å²) in [7, 11) is 0. The number of aromatic nitrogens is 3. The molecule has 4 nitrogen and oxygen atoms in total. The molecule has 0 radical (unpaired) electrons. The van der Waals surface area contributed by atoms with Crippen LogP contribution in [0.1, 0.15) is 101 Å². The molecule has 40 heavy (non-hydrogen) atoms. The number of aldehydes is 1. The number of hydrogen-bond donors (Lipinski definition) is 0. The Morgan fingerprint density at radius 1 is 0.800 bits per heavy atom. The Morgan fingerprint density at radius 2 is 1.32 bits per heavy atom. The molecule has 4 rings (SSSR count). The molecule has 0 aliphatic rings. The van der Waals surface area contributed by atoms with E-state index in [1.807, 2.05) is 6.07 Å². The average molecular weight is 651 g/mol. The standard InChI is InChI=1S/C31H38BrF2N3OS2/c1-3-5-7-9-10-12-14-21(13-11-8-6-4-2)19-37-35-30-26(23-16-15-22(20-38)39-23)28(33)29(34)27(31(30)36-37)24-17-18-25(32)40-24/h15-18,20-21H,3-14,19H2,1-2H3. The lowest BCUT2D eigenvalue weighted by Crippen LogP contribution is -2.14. The van der Waals surface area contributed by atoms with Gasteiger partial charge in [0, 0.05) is 9.75 Å². The third-order valence-corrected chi connectivity index (χ3v) is 10.1. The number of unbranched alkanes of at least 4 members (excludes halogenated alkanes) is 8. The molecule has 0 saturated carbocycles. The summed E-state index contributed by atoms with van der Waals surface area (Å²) in [5.41, 5.74) is 0.906. The Bertz CT molecular complexity index is 1400. The van der Waals surface area contributed by atoms with Crippen molar-refractivity contribution in [2.24, 2.45) is 5.92 Å². The lowest BCUT2D eigenvalue weighted by Gasteiger charge is -2.16. The molecule has 3 aromatic heterocycles. The smallest absolute Gasteiger partial charge is 0.170 e. The largest absolute Gasteiger partial charge is 0.297 e. The molecule has 0 aliphatic carbocycles. The van der Waals surface area contributed by atoms with Crippen LogP contribution in [0, 0.1) is 17.6 Å². The first-order chi connectivity index (χ1) is 19.5. The summed E-state index contributed by atoms with van der Waals surface area (Å²) < 4.78 is 32.3. The fourth-order valence-electron chi connectivity index (χ4n) is 5.27. The molecule has 0 N–H and O–H groups in total. The molecule has 0 saturated heterocycles. The number of rotatable bonds is 17. The summed E-state index contributed by atoms with van der Waals surface area (Å²) in [6.45, 7) is 5.08. The topological polar surface area (TPSA) is 47.8 Å². The Kier molecular flexibility index (Phi) is 11.9. The van der Waals surface area contributed by atoms with Crippen LogP contribution in [-0.4, -0.2) is 21.3 Å². The van der Waals surface area contributed by atoms with E-state index in [0.29, 0.717) is 38.1 Å². The summed E-state index contributed by atoms with van der Waals surface area (Å²) in [6.07, 6.45) is 15.2. The second-order valence-electron chi connectivity index (χ2n) is 10.5. The lowest BCUT2D eigenvalue weighted by atomic mass is 9.94. The summed E-state index contributed by atoms with van der Waals surface area (Å²) in [5, 5.41) is 9.57. The fraction of sp³-hybridized carbons (Fsp3) is 0.516. The highest BCUT2D eigenvalue weighted by Crippen LogP contribution is 2.43. The summed E-state index contributed by atoms with van der Waals surface area (Å²) in [4.78, 5) is 14.5. The lowest BCUT2D eigenvalue weighted by molar-refractivity contribution is 0.112. The average Bonchev–Trinajstić information content (AvgIpc) is 3.69. The van der Waals surface area contributed by atoms with Crippen LogP contribution >= 0.6 is 38.6 Å². The van der Waals surface area contributed by atoms with Crippen molar-refractivity contribution < 1.29 is 13.6 Å². The highest BCUT2D eigenvalue weighted by Gasteiger charge is 2.28. The first kappa shape index (κ1) is 31.0. The van der Waals surface area contributed by atoms with Crippen LogP contribution in [0.25, 0.3) is 31.9 Å². The van der Waals surface area contributed by atoms with Crippen molar-refractivity contribution in [1.82, 2.24) is 15.0 Å². The first-order valence-electron chi connectivity index (χ1n) is 14.5. The van der Waals surface area contributed by atoms with Gasteiger partial charge in [0.1, 0.15) is 11.0 Å². The van der Waals surface area contributed by atoms with Crippen molar-refractivity contribution in [2.45, 2.75) is 97.4 Å². The maximum Gasteiger partial charge on any atom is 0.170 e. The number of carbonyl (C=O) groups excluding carboxylic acids is 1. The van der Waals surface area contributed by atoms with E-state index in [0.717, 1.165) is 34.3 Å². The molecule has 216 valence electrons. The monoisotopic (exact) mass is 649 g/mol. The van der Waals surface area contributed by atoms with E-state index >= 15 is 8.78 Å². The van der Waals surface area contributed by atoms with Crippen LogP contribution in [0.5, 0.6) is 0 Å². The fourth-order valence-corrected chi connectivity index (χ4v) is 7.56. The zero-order valence-electron chi connectivity index (χ0n) is 23.4. The van der Waals surface area contributed by atoms with Gasteiger partial charge < -0.3 is 0 Å². The number of benzene rings is 1. The number of thiophene rings is 2. The van der Waals surface area contributed by atoms with Gasteiger partial charge in [-0.05, 0) is 59.0 Å². The summed E-state index contributed by atoms with van der Waals surface area (Å²) in [5.74, 6) is -1.49. The van der Waals surface area contributed by atoms with Crippen LogP contribution in [0.3, 0.4) is 0 Å². The number of carbonyl (C=O) groups is 1. The number of fused-ring (bicyclic) bond motifs is 1. The molecule has 0 spiro atoms. The van der Waals surface area contributed by atoms with E-state index in [9.17, 15) is 4.79 Å². The SMILES string of the molecule is CCCCCCCCC(CCCCCC)Cn1nc2c(-c3ccc(Br)s3)c(F)c(F)c(-c3ccc(C=O)s3)c2n1. The second-order valence-corrected chi connectivity index (χ2v) is 14.1. The van der Waals surface area contributed by atoms with Crippen LogP contribution < -0.4 is 0 Å². The Labute approximate surface area is 252 Å². The van der Waals surface area contributed by atoms with Gasteiger partial charge in [0.2, 0.25) is 0 Å². The second kappa shape index (κ2) is 15.3. The van der Waals surface area contributed by atoms with E-state index < -0.39 is 11.6 Å². The van der Waals surface area contributed by atoms with Gasteiger partial charge in [0.25, 0.3) is 0 Å². The van der Waals surface area contributed by atoms with Crippen molar-refractivity contribution in [2.75, 3.05) is 0 Å². The predicted octanol–water partition coefficient (Wildman–Crippen LogP) is 11.1. The predicted molar refractivity (Wildman–Crippen MR) is 167 cm³/mol. The van der Waals surface area contributed by atoms with Crippen molar-refractivity contribution in [3.63, 3.8) is 0 Å². The molecule has 0 amide bonds. The molecule has 1 aromatic carbocycles. The van der Waals surface area contributed by atoms with E-state index in [4.69, 9.17) is 10.2 Å². The molecule has 0 bridgehead atoms. The molecule has 1 atom stereocenters. The van der Waals surface area contributed by atoms with Crippen molar-refractivity contribution >= 4 is 55.9 Å². The van der Waals surface area contributed by atoms with Gasteiger partial charge in [0.15, 0.2) is 17.9 Å². The van der Waals surface area contributed by atoms with Crippen LogP contribution in [-0.2, 0) is 6.54 Å². The Morgan fingerprint density at radius 3 is 1.85 bits per heavy atom. The minimum atomic E-state index is -0.957. The van der Waals surface area contributed by atoms with Gasteiger partial charge in [-0.15, -0.1) is 22.7 Å². The van der Waals surface area contributed by atoms with Gasteiger partial charge >= 0.3 is 0 Å². The van der Waals surface area contributed by atoms with Crippen molar-refractivity contribution in [3.8, 4) is 20.9 Å². The summed E-state index contributed by atoms with van der Waals surface area (Å²) >= 11 is 5.91. The molecule has 0 fully saturated rings. The maximum absolute atomic E-state index is 15.7. The number of halogens is 3. The van der Waals surface area contributed by atoms with E-state index in [1.54, 1.807) is 23.0 Å². The minimum Gasteiger partial charge on any atom is -0.297 e. The van der Waals surface area contributed by atoms with Crippen LogP contribution in [0.15, 0.2) is 28.1 Å². The third kappa shape index (κ3) is 7.65. The quantitative estimate of drug-likeness (QED) is 0.0844. The number of nitrogens with zero attached hydrogens (tertiary/aromatic N) is 3. The molecule has 1 unspecified atom stereocenters. The normalized spacial score (nSPS) is 12.4. The molecule has 9 heteroatoms. The molecular weight excluding hydrogens is 612 g/mol. The molecular formula is C31H38BrF2N3OS2. The molecule has 4 aromatic rings. The van der Waals surface area contributed by atoms with Gasteiger partial charge in [-0.1, -0.05) is 78.1 Å². The van der Waals surface area contributed by atoms with Gasteiger partial charge in [0.05, 0.1) is 26.3 Å². The maximum atomic E-state index is 15.7. The zero-order valence-corrected chi connectivity index (χ0v) is 26.6. The Balaban J connectivity index is 1.69. The zero-order chi connectivity index (χ0) is 28.5. The Hall–Kier alpha value is -1.97. The highest BCUT2D eigenvalue weighted by molar-refractivity contribution is 9.11. The van der Waals surface area contributed by atoms with Gasteiger partial charge in [-0.2, -0.15) is 15.0 Å². The highest BCUT2D eigenvalue weighted by atomic mass is 79.9. The third-order valence-electron chi connectivity index (χ3n) is 7.42. The number of hydrogen-bond acceptors (Lipinski definition) is 5. The van der Waals surface area contributed by atoms with Crippen molar-refractivity contribution in [1.29, 1.82) is 0 Å². The van der Waals surface area contributed by atoms with Crippen molar-refractivity contribution in [3.05, 3.63) is 44.6 Å². The van der Waals surface area contributed by atoms with Gasteiger partial charge in [-0.25, -0.2) is 8.78 Å². The van der Waals surface area contributed by atoms with E-state index in [1.165, 1.54) is 75.5 Å². The van der Waals surface area contributed by atoms with E-state index in [2.05, 4.69) is 29.8 Å². The van der Waals surface area contributed by atoms with Crippen LogP contribution in [0.2, 0.25) is 0 Å². The first-order valence-corrected chi connectivity index (χ1v) is 17.0.